The molecule has 0 saturated heterocycles. The molecular formula is C28H38N2O5. The number of amides is 1. The van der Waals surface area contributed by atoms with Crippen molar-refractivity contribution in [3.05, 3.63) is 46.3 Å². The summed E-state index contributed by atoms with van der Waals surface area (Å²) in [6, 6.07) is 5.84. The van der Waals surface area contributed by atoms with E-state index in [1.54, 1.807) is 7.11 Å². The quantitative estimate of drug-likeness (QED) is 0.404. The van der Waals surface area contributed by atoms with Gasteiger partial charge in [0, 0.05) is 35.9 Å². The minimum absolute atomic E-state index is 0.0623. The third-order valence-electron chi connectivity index (χ3n) is 7.34. The van der Waals surface area contributed by atoms with E-state index in [1.165, 1.54) is 6.42 Å². The van der Waals surface area contributed by atoms with Crippen LogP contribution in [0.4, 0.5) is 0 Å². The second kappa shape index (κ2) is 10.8. The molecule has 2 saturated carbocycles. The van der Waals surface area contributed by atoms with Gasteiger partial charge in [-0.15, -0.1) is 0 Å². The lowest BCUT2D eigenvalue weighted by molar-refractivity contribution is -0.137. The zero-order valence-electron chi connectivity index (χ0n) is 21.3. The fourth-order valence-electron chi connectivity index (χ4n) is 5.47. The average molecular weight is 483 g/mol. The van der Waals surface area contributed by atoms with Gasteiger partial charge < -0.3 is 19.7 Å². The molecule has 2 aromatic rings. The van der Waals surface area contributed by atoms with E-state index in [2.05, 4.69) is 24.3 Å². The van der Waals surface area contributed by atoms with Gasteiger partial charge in [0.1, 0.15) is 11.5 Å². The molecule has 1 heterocycles. The Morgan fingerprint density at radius 2 is 1.94 bits per heavy atom. The molecule has 1 amide bonds. The standard InChI is InChI=1S/C28H38N2O5/c1-16(2)9-18-11-22(12-18)28-26(19-7-8-19)27(30-35-28)21(14-25(32)33)13-24(31)29-15-20-6-5-17(3)10-23(20)34-4/h5-6,10,16,18-19,21-22H,7-9,11-15H2,1-4H3,(H,29,31)(H,32,33). The van der Waals surface area contributed by atoms with Crippen LogP contribution >= 0.6 is 0 Å². The Morgan fingerprint density at radius 3 is 2.57 bits per heavy atom. The Morgan fingerprint density at radius 1 is 1.20 bits per heavy atom. The molecule has 2 N–H and O–H groups in total. The SMILES string of the molecule is COc1cc(C)ccc1CNC(=O)CC(CC(=O)O)c1noc(C2CC(CC(C)C)C2)c1C1CC1. The first-order chi connectivity index (χ1) is 16.7. The highest BCUT2D eigenvalue weighted by Gasteiger charge is 2.42. The first-order valence-corrected chi connectivity index (χ1v) is 12.9. The molecule has 7 heteroatoms. The Kier molecular flexibility index (Phi) is 7.82. The van der Waals surface area contributed by atoms with E-state index in [4.69, 9.17) is 9.26 Å². The van der Waals surface area contributed by atoms with Gasteiger partial charge in [-0.05, 0) is 68.4 Å². The van der Waals surface area contributed by atoms with Crippen LogP contribution in [0.15, 0.2) is 22.7 Å². The van der Waals surface area contributed by atoms with Crippen molar-refractivity contribution in [2.75, 3.05) is 7.11 Å². The predicted octanol–water partition coefficient (Wildman–Crippen LogP) is 5.67. The number of carbonyl (C=O) groups is 2. The van der Waals surface area contributed by atoms with Crippen molar-refractivity contribution in [1.82, 2.24) is 10.5 Å². The second-order valence-corrected chi connectivity index (χ2v) is 10.9. The van der Waals surface area contributed by atoms with Crippen molar-refractivity contribution in [2.45, 2.75) is 90.0 Å². The summed E-state index contributed by atoms with van der Waals surface area (Å²) in [6.07, 6.45) is 5.50. The van der Waals surface area contributed by atoms with Crippen molar-refractivity contribution < 1.29 is 24.0 Å². The van der Waals surface area contributed by atoms with Gasteiger partial charge in [0.25, 0.3) is 0 Å². The summed E-state index contributed by atoms with van der Waals surface area (Å²) < 4.78 is 11.3. The number of aliphatic carboxylic acids is 1. The summed E-state index contributed by atoms with van der Waals surface area (Å²) in [7, 11) is 1.61. The Bertz CT molecular complexity index is 1050. The van der Waals surface area contributed by atoms with E-state index in [-0.39, 0.29) is 18.7 Å². The molecule has 35 heavy (non-hydrogen) atoms. The minimum Gasteiger partial charge on any atom is -0.496 e. The molecular weight excluding hydrogens is 444 g/mol. The van der Waals surface area contributed by atoms with Gasteiger partial charge >= 0.3 is 5.97 Å². The number of carboxylic acids is 1. The van der Waals surface area contributed by atoms with Gasteiger partial charge in [0.05, 0.1) is 19.2 Å². The zero-order chi connectivity index (χ0) is 25.1. The zero-order valence-corrected chi connectivity index (χ0v) is 21.3. The van der Waals surface area contributed by atoms with Gasteiger partial charge in [-0.3, -0.25) is 9.59 Å². The van der Waals surface area contributed by atoms with E-state index in [0.29, 0.717) is 30.0 Å². The number of hydrogen-bond acceptors (Lipinski definition) is 5. The number of nitrogens with one attached hydrogen (secondary N) is 1. The number of benzene rings is 1. The van der Waals surface area contributed by atoms with Crippen LogP contribution in [0.5, 0.6) is 5.75 Å². The highest BCUT2D eigenvalue weighted by atomic mass is 16.5. The number of hydrogen-bond donors (Lipinski definition) is 2. The van der Waals surface area contributed by atoms with Gasteiger partial charge in [-0.2, -0.15) is 0 Å². The maximum Gasteiger partial charge on any atom is 0.304 e. The molecule has 0 radical (unpaired) electrons. The monoisotopic (exact) mass is 482 g/mol. The molecule has 1 unspecified atom stereocenters. The number of carboxylic acid groups (broad SMARTS) is 1. The maximum absolute atomic E-state index is 12.9. The molecule has 2 aliphatic rings. The van der Waals surface area contributed by atoms with Gasteiger partial charge in [0.15, 0.2) is 0 Å². The van der Waals surface area contributed by atoms with Crippen molar-refractivity contribution in [2.24, 2.45) is 11.8 Å². The lowest BCUT2D eigenvalue weighted by Gasteiger charge is -2.35. The number of carbonyl (C=O) groups excluding carboxylic acids is 1. The molecule has 2 aliphatic carbocycles. The van der Waals surface area contributed by atoms with Crippen LogP contribution in [0.1, 0.15) is 105 Å². The number of methoxy groups -OCH3 is 1. The lowest BCUT2D eigenvalue weighted by atomic mass is 9.69. The number of aryl methyl sites for hydroxylation is 1. The normalized spacial score (nSPS) is 20.4. The fraction of sp³-hybridized carbons (Fsp3) is 0.607. The minimum atomic E-state index is -0.935. The predicted molar refractivity (Wildman–Crippen MR) is 133 cm³/mol. The lowest BCUT2D eigenvalue weighted by Crippen LogP contribution is -2.26. The van der Waals surface area contributed by atoms with E-state index in [1.807, 2.05) is 25.1 Å². The summed E-state index contributed by atoms with van der Waals surface area (Å²) in [4.78, 5) is 24.6. The van der Waals surface area contributed by atoms with Gasteiger partial charge in [-0.25, -0.2) is 0 Å². The van der Waals surface area contributed by atoms with Gasteiger partial charge in [-0.1, -0.05) is 31.1 Å². The summed E-state index contributed by atoms with van der Waals surface area (Å²) >= 11 is 0. The Balaban J connectivity index is 1.46. The number of nitrogens with zero attached hydrogens (tertiary/aromatic N) is 1. The fourth-order valence-corrected chi connectivity index (χ4v) is 5.47. The molecule has 0 spiro atoms. The van der Waals surface area contributed by atoms with E-state index >= 15 is 0 Å². The van der Waals surface area contributed by atoms with Crippen LogP contribution in [0.25, 0.3) is 0 Å². The molecule has 0 bridgehead atoms. The third kappa shape index (κ3) is 6.24. The van der Waals surface area contributed by atoms with Crippen LogP contribution in [0.2, 0.25) is 0 Å². The highest BCUT2D eigenvalue weighted by Crippen LogP contribution is 2.52. The molecule has 2 fully saturated rings. The first-order valence-electron chi connectivity index (χ1n) is 12.9. The molecule has 1 aromatic carbocycles. The molecule has 1 atom stereocenters. The second-order valence-electron chi connectivity index (χ2n) is 10.9. The summed E-state index contributed by atoms with van der Waals surface area (Å²) in [5.41, 5.74) is 3.73. The van der Waals surface area contributed by atoms with Crippen molar-refractivity contribution >= 4 is 11.9 Å². The van der Waals surface area contributed by atoms with E-state index in [9.17, 15) is 14.7 Å². The van der Waals surface area contributed by atoms with Crippen molar-refractivity contribution in [1.29, 1.82) is 0 Å². The maximum atomic E-state index is 12.9. The number of rotatable bonds is 12. The Labute approximate surface area is 207 Å². The number of ether oxygens (including phenoxy) is 1. The molecule has 7 nitrogen and oxygen atoms in total. The molecule has 4 rings (SSSR count). The Hall–Kier alpha value is -2.83. The molecule has 190 valence electrons. The van der Waals surface area contributed by atoms with Gasteiger partial charge in [0.2, 0.25) is 5.91 Å². The van der Waals surface area contributed by atoms with Crippen molar-refractivity contribution in [3.63, 3.8) is 0 Å². The summed E-state index contributed by atoms with van der Waals surface area (Å²) in [6.45, 7) is 6.82. The van der Waals surface area contributed by atoms with Crippen LogP contribution < -0.4 is 10.1 Å². The van der Waals surface area contributed by atoms with Crippen LogP contribution in [-0.2, 0) is 16.1 Å². The average Bonchev–Trinajstić information content (AvgIpc) is 3.52. The smallest absolute Gasteiger partial charge is 0.304 e. The number of aromatic nitrogens is 1. The van der Waals surface area contributed by atoms with Crippen molar-refractivity contribution in [3.8, 4) is 5.75 Å². The van der Waals surface area contributed by atoms with Crippen LogP contribution in [-0.4, -0.2) is 29.2 Å². The van der Waals surface area contributed by atoms with E-state index in [0.717, 1.165) is 59.8 Å². The van der Waals surface area contributed by atoms with E-state index < -0.39 is 11.9 Å². The first kappa shape index (κ1) is 25.3. The summed E-state index contributed by atoms with van der Waals surface area (Å²) in [5, 5.41) is 16.9. The third-order valence-corrected chi connectivity index (χ3v) is 7.34. The molecule has 0 aliphatic heterocycles. The molecule has 1 aromatic heterocycles. The highest BCUT2D eigenvalue weighted by molar-refractivity contribution is 5.78. The largest absolute Gasteiger partial charge is 0.496 e. The van der Waals surface area contributed by atoms with Crippen LogP contribution in [0, 0.1) is 18.8 Å². The summed E-state index contributed by atoms with van der Waals surface area (Å²) in [5.74, 6) is 2.18. The topological polar surface area (TPSA) is 102 Å². The van der Waals surface area contributed by atoms with Crippen LogP contribution in [0.3, 0.4) is 0 Å².